The van der Waals surface area contributed by atoms with E-state index in [-0.39, 0.29) is 5.56 Å². The molecule has 0 spiro atoms. The topological polar surface area (TPSA) is 104 Å². The number of hydrogen-bond acceptors (Lipinski definition) is 5. The van der Waals surface area contributed by atoms with E-state index in [4.69, 9.17) is 5.11 Å². The van der Waals surface area contributed by atoms with E-state index >= 15 is 0 Å². The van der Waals surface area contributed by atoms with Gasteiger partial charge in [-0.1, -0.05) is 12.1 Å². The van der Waals surface area contributed by atoms with Crippen molar-refractivity contribution in [2.75, 3.05) is 13.1 Å². The molecule has 102 valence electrons. The van der Waals surface area contributed by atoms with Gasteiger partial charge in [0, 0.05) is 25.7 Å². The van der Waals surface area contributed by atoms with E-state index in [1.165, 1.54) is 12.1 Å². The van der Waals surface area contributed by atoms with Gasteiger partial charge in [-0.2, -0.15) is 0 Å². The van der Waals surface area contributed by atoms with Crippen LogP contribution in [0, 0.1) is 10.1 Å². The summed E-state index contributed by atoms with van der Waals surface area (Å²) in [5.41, 5.74) is -0.269. The number of aliphatic hydroxyl groups is 1. The molecule has 2 rings (SSSR count). The molecule has 2 N–H and O–H groups in total. The van der Waals surface area contributed by atoms with Crippen molar-refractivity contribution in [3.63, 3.8) is 0 Å². The Bertz CT molecular complexity index is 517. The lowest BCUT2D eigenvalue weighted by atomic mass is 10.0. The highest BCUT2D eigenvalue weighted by Crippen LogP contribution is 2.24. The van der Waals surface area contributed by atoms with Crippen molar-refractivity contribution < 1.29 is 19.9 Å². The smallest absolute Gasteiger partial charge is 0.343 e. The Morgan fingerprint density at radius 1 is 1.53 bits per heavy atom. The SMILES string of the molecule is O=C(O)c1c(CN2CCC(O)C2)cccc1[N+](=O)[O-]. The third-order valence-corrected chi connectivity index (χ3v) is 3.18. The third kappa shape index (κ3) is 2.88. The molecule has 1 atom stereocenters. The summed E-state index contributed by atoms with van der Waals surface area (Å²) in [6.07, 6.45) is 0.226. The average molecular weight is 266 g/mol. The molecule has 1 aliphatic heterocycles. The van der Waals surface area contributed by atoms with Crippen LogP contribution in [0.1, 0.15) is 22.3 Å². The quantitative estimate of drug-likeness (QED) is 0.618. The van der Waals surface area contributed by atoms with Gasteiger partial charge in [-0.05, 0) is 12.0 Å². The van der Waals surface area contributed by atoms with Crippen LogP contribution in [0.2, 0.25) is 0 Å². The van der Waals surface area contributed by atoms with Crippen molar-refractivity contribution in [2.45, 2.75) is 19.1 Å². The van der Waals surface area contributed by atoms with E-state index in [0.717, 1.165) is 0 Å². The molecule has 0 amide bonds. The first-order valence-corrected chi connectivity index (χ1v) is 5.89. The minimum absolute atomic E-state index is 0.270. The fourth-order valence-corrected chi connectivity index (χ4v) is 2.31. The monoisotopic (exact) mass is 266 g/mol. The summed E-state index contributed by atoms with van der Waals surface area (Å²) in [5.74, 6) is -1.30. The van der Waals surface area contributed by atoms with Crippen molar-refractivity contribution in [1.29, 1.82) is 0 Å². The summed E-state index contributed by atoms with van der Waals surface area (Å²) >= 11 is 0. The number of aromatic carboxylic acids is 1. The molecule has 7 nitrogen and oxygen atoms in total. The Morgan fingerprint density at radius 2 is 2.26 bits per heavy atom. The van der Waals surface area contributed by atoms with Crippen LogP contribution in [0.25, 0.3) is 0 Å². The predicted octanol–water partition coefficient (Wildman–Crippen LogP) is 0.860. The molecule has 1 fully saturated rings. The fourth-order valence-electron chi connectivity index (χ4n) is 2.31. The number of carboxylic acid groups (broad SMARTS) is 1. The number of nitro benzene ring substituents is 1. The molecule has 1 saturated heterocycles. The minimum atomic E-state index is -1.30. The number of carbonyl (C=O) groups is 1. The first-order valence-electron chi connectivity index (χ1n) is 5.89. The number of aliphatic hydroxyl groups excluding tert-OH is 1. The van der Waals surface area contributed by atoms with Gasteiger partial charge in [0.1, 0.15) is 5.56 Å². The van der Waals surface area contributed by atoms with Crippen molar-refractivity contribution in [3.8, 4) is 0 Å². The summed E-state index contributed by atoms with van der Waals surface area (Å²) in [6, 6.07) is 4.24. The van der Waals surface area contributed by atoms with Crippen LogP contribution in [0.15, 0.2) is 18.2 Å². The van der Waals surface area contributed by atoms with Gasteiger partial charge in [0.05, 0.1) is 11.0 Å². The molecule has 1 heterocycles. The van der Waals surface area contributed by atoms with Gasteiger partial charge in [-0.3, -0.25) is 15.0 Å². The first-order chi connectivity index (χ1) is 8.99. The number of nitrogens with zero attached hydrogens (tertiary/aromatic N) is 2. The molecule has 1 unspecified atom stereocenters. The Balaban J connectivity index is 2.31. The molecule has 0 saturated carbocycles. The number of rotatable bonds is 4. The molecule has 0 bridgehead atoms. The van der Waals surface area contributed by atoms with Crippen molar-refractivity contribution in [1.82, 2.24) is 4.90 Å². The average Bonchev–Trinajstić information content (AvgIpc) is 2.74. The standard InChI is InChI=1S/C12H14N2O5/c15-9-4-5-13(7-9)6-8-2-1-3-10(14(18)19)11(8)12(16)17/h1-3,9,15H,4-7H2,(H,16,17). The van der Waals surface area contributed by atoms with Crippen LogP contribution < -0.4 is 0 Å². The van der Waals surface area contributed by atoms with Gasteiger partial charge < -0.3 is 10.2 Å². The zero-order chi connectivity index (χ0) is 14.0. The van der Waals surface area contributed by atoms with Crippen molar-refractivity contribution in [2.24, 2.45) is 0 Å². The summed E-state index contributed by atoms with van der Waals surface area (Å²) in [7, 11) is 0. The highest BCUT2D eigenvalue weighted by atomic mass is 16.6. The zero-order valence-corrected chi connectivity index (χ0v) is 10.2. The molecule has 1 aromatic carbocycles. The maximum atomic E-state index is 11.2. The molecule has 0 aromatic heterocycles. The number of likely N-dealkylation sites (tertiary alicyclic amines) is 1. The summed E-state index contributed by atoms with van der Waals surface area (Å²) in [4.78, 5) is 23.3. The van der Waals surface area contributed by atoms with E-state index in [0.29, 0.717) is 31.6 Å². The van der Waals surface area contributed by atoms with Crippen LogP contribution in [-0.4, -0.2) is 45.2 Å². The maximum absolute atomic E-state index is 11.2. The van der Waals surface area contributed by atoms with E-state index in [1.54, 1.807) is 6.07 Å². The Kier molecular flexibility index (Phi) is 3.77. The Hall–Kier alpha value is -1.99. The highest BCUT2D eigenvalue weighted by Gasteiger charge is 2.26. The molecule has 0 radical (unpaired) electrons. The van der Waals surface area contributed by atoms with E-state index in [1.807, 2.05) is 4.90 Å². The van der Waals surface area contributed by atoms with E-state index < -0.39 is 22.7 Å². The first kappa shape index (κ1) is 13.4. The van der Waals surface area contributed by atoms with Gasteiger partial charge >= 0.3 is 5.97 Å². The Labute approximate surface area is 109 Å². The van der Waals surface area contributed by atoms with Gasteiger partial charge in [-0.25, -0.2) is 4.79 Å². The third-order valence-electron chi connectivity index (χ3n) is 3.18. The second kappa shape index (κ2) is 5.33. The fraction of sp³-hybridized carbons (Fsp3) is 0.417. The second-order valence-electron chi connectivity index (χ2n) is 4.55. The zero-order valence-electron chi connectivity index (χ0n) is 10.2. The van der Waals surface area contributed by atoms with Crippen LogP contribution in [-0.2, 0) is 6.54 Å². The van der Waals surface area contributed by atoms with Crippen molar-refractivity contribution >= 4 is 11.7 Å². The van der Waals surface area contributed by atoms with Crippen LogP contribution in [0.4, 0.5) is 5.69 Å². The van der Waals surface area contributed by atoms with Gasteiger partial charge in [0.2, 0.25) is 0 Å². The molecule has 0 aliphatic carbocycles. The number of hydrogen-bond donors (Lipinski definition) is 2. The number of benzene rings is 1. The lowest BCUT2D eigenvalue weighted by molar-refractivity contribution is -0.385. The van der Waals surface area contributed by atoms with E-state index in [2.05, 4.69) is 0 Å². The molecule has 19 heavy (non-hydrogen) atoms. The Morgan fingerprint density at radius 3 is 2.79 bits per heavy atom. The van der Waals surface area contributed by atoms with E-state index in [9.17, 15) is 20.0 Å². The van der Waals surface area contributed by atoms with Crippen LogP contribution >= 0.6 is 0 Å². The number of carboxylic acids is 1. The summed E-state index contributed by atoms with van der Waals surface area (Å²) < 4.78 is 0. The summed E-state index contributed by atoms with van der Waals surface area (Å²) in [6.45, 7) is 1.41. The number of β-amino-alcohol motifs (C(OH)–C–C–N with tert-alkyl or cyclic N) is 1. The molecule has 1 aromatic rings. The largest absolute Gasteiger partial charge is 0.477 e. The van der Waals surface area contributed by atoms with Crippen LogP contribution in [0.3, 0.4) is 0 Å². The maximum Gasteiger partial charge on any atom is 0.343 e. The molecular formula is C12H14N2O5. The highest BCUT2D eigenvalue weighted by molar-refractivity contribution is 5.94. The predicted molar refractivity (Wildman–Crippen MR) is 66.0 cm³/mol. The van der Waals surface area contributed by atoms with Crippen molar-refractivity contribution in [3.05, 3.63) is 39.4 Å². The number of nitro groups is 1. The normalized spacial score (nSPS) is 19.5. The van der Waals surface area contributed by atoms with Crippen LogP contribution in [0.5, 0.6) is 0 Å². The molecule has 1 aliphatic rings. The lowest BCUT2D eigenvalue weighted by Crippen LogP contribution is -2.23. The van der Waals surface area contributed by atoms with Gasteiger partial charge in [0.15, 0.2) is 0 Å². The second-order valence-corrected chi connectivity index (χ2v) is 4.55. The molecule has 7 heteroatoms. The minimum Gasteiger partial charge on any atom is -0.477 e. The molecular weight excluding hydrogens is 252 g/mol. The van der Waals surface area contributed by atoms with Gasteiger partial charge in [-0.15, -0.1) is 0 Å². The lowest BCUT2D eigenvalue weighted by Gasteiger charge is -2.16. The van der Waals surface area contributed by atoms with Gasteiger partial charge in [0.25, 0.3) is 5.69 Å². The summed E-state index contributed by atoms with van der Waals surface area (Å²) in [5, 5.41) is 29.4.